The standard InChI is InChI=1S/C5H10O2.C4H10.C3H6O2/c1-5(2,3)7-4-6;1-3-4-2;1-2-3(4)5/h4H,1-3H3;3-4H2,1-2H3;2H2,1H3,(H,4,5). The fourth-order valence-electron chi connectivity index (χ4n) is 0.144. The van der Waals surface area contributed by atoms with Gasteiger partial charge in [-0.25, -0.2) is 0 Å². The Balaban J connectivity index is -0.000000166. The molecule has 0 aromatic carbocycles. The van der Waals surface area contributed by atoms with Gasteiger partial charge in [-0.3, -0.25) is 9.59 Å². The van der Waals surface area contributed by atoms with Crippen molar-refractivity contribution >= 4 is 12.4 Å². The number of ether oxygens (including phenoxy) is 1. The van der Waals surface area contributed by atoms with Crippen LogP contribution in [0.4, 0.5) is 0 Å². The zero-order valence-electron chi connectivity index (χ0n) is 11.4. The fourth-order valence-corrected chi connectivity index (χ4v) is 0.144. The van der Waals surface area contributed by atoms with Crippen molar-refractivity contribution in [3.8, 4) is 0 Å². The van der Waals surface area contributed by atoms with Crippen molar-refractivity contribution in [2.24, 2.45) is 0 Å². The second-order valence-electron chi connectivity index (χ2n) is 4.07. The van der Waals surface area contributed by atoms with Gasteiger partial charge in [0.15, 0.2) is 0 Å². The summed E-state index contributed by atoms with van der Waals surface area (Å²) in [5.74, 6) is -0.745. The maximum Gasteiger partial charge on any atom is 0.303 e. The molecule has 0 unspecified atom stereocenters. The van der Waals surface area contributed by atoms with Crippen molar-refractivity contribution in [1.82, 2.24) is 0 Å². The molecule has 1 N–H and O–H groups in total. The van der Waals surface area contributed by atoms with Crippen LogP contribution in [0, 0.1) is 0 Å². The van der Waals surface area contributed by atoms with Gasteiger partial charge in [-0.05, 0) is 20.8 Å². The third kappa shape index (κ3) is 52.3. The molecule has 0 aliphatic rings. The summed E-state index contributed by atoms with van der Waals surface area (Å²) in [6.45, 7) is 11.9. The molecular weight excluding hydrogens is 208 g/mol. The summed E-state index contributed by atoms with van der Waals surface area (Å²) >= 11 is 0. The minimum Gasteiger partial charge on any atom is -0.481 e. The van der Waals surface area contributed by atoms with Crippen LogP contribution in [-0.2, 0) is 14.3 Å². The van der Waals surface area contributed by atoms with Gasteiger partial charge in [0.2, 0.25) is 0 Å². The predicted octanol–water partition coefficient (Wildman–Crippen LogP) is 3.25. The van der Waals surface area contributed by atoms with E-state index in [-0.39, 0.29) is 12.0 Å². The summed E-state index contributed by atoms with van der Waals surface area (Å²) in [4.78, 5) is 19.0. The number of carboxylic acid groups (broad SMARTS) is 1. The van der Waals surface area contributed by atoms with Crippen LogP contribution in [0.2, 0.25) is 0 Å². The van der Waals surface area contributed by atoms with E-state index >= 15 is 0 Å². The summed E-state index contributed by atoms with van der Waals surface area (Å²) in [5.41, 5.74) is -0.318. The lowest BCUT2D eigenvalue weighted by Crippen LogP contribution is -2.17. The molecule has 0 heterocycles. The summed E-state index contributed by atoms with van der Waals surface area (Å²) in [5, 5.41) is 7.72. The highest BCUT2D eigenvalue weighted by molar-refractivity contribution is 5.66. The number of carbonyl (C=O) groups excluding carboxylic acids is 1. The normalized spacial score (nSPS) is 8.88. The second-order valence-corrected chi connectivity index (χ2v) is 4.07. The van der Waals surface area contributed by atoms with Crippen LogP contribution in [0.5, 0.6) is 0 Å². The Morgan fingerprint density at radius 1 is 1.19 bits per heavy atom. The molecule has 0 aromatic rings. The van der Waals surface area contributed by atoms with Crippen LogP contribution < -0.4 is 0 Å². The maximum absolute atomic E-state index is 9.60. The highest BCUT2D eigenvalue weighted by Gasteiger charge is 2.07. The Bertz CT molecular complexity index is 157. The van der Waals surface area contributed by atoms with Crippen molar-refractivity contribution < 1.29 is 19.4 Å². The molecule has 98 valence electrons. The van der Waals surface area contributed by atoms with Gasteiger partial charge in [0.1, 0.15) is 5.60 Å². The summed E-state index contributed by atoms with van der Waals surface area (Å²) < 4.78 is 4.55. The van der Waals surface area contributed by atoms with Gasteiger partial charge >= 0.3 is 5.97 Å². The molecule has 0 bridgehead atoms. The SMILES string of the molecule is CC(C)(C)OC=O.CCC(=O)O.CCCC. The van der Waals surface area contributed by atoms with Crippen LogP contribution in [0.25, 0.3) is 0 Å². The van der Waals surface area contributed by atoms with Crippen molar-refractivity contribution in [1.29, 1.82) is 0 Å². The third-order valence-electron chi connectivity index (χ3n) is 1.20. The van der Waals surface area contributed by atoms with E-state index < -0.39 is 5.97 Å². The van der Waals surface area contributed by atoms with Crippen molar-refractivity contribution in [2.75, 3.05) is 0 Å². The lowest BCUT2D eigenvalue weighted by Gasteiger charge is -2.14. The topological polar surface area (TPSA) is 63.6 Å². The first-order valence-corrected chi connectivity index (χ1v) is 5.58. The zero-order chi connectivity index (χ0) is 13.6. The summed E-state index contributed by atoms with van der Waals surface area (Å²) in [6, 6.07) is 0. The Kier molecular flexibility index (Phi) is 17.7. The number of carboxylic acids is 1. The third-order valence-corrected chi connectivity index (χ3v) is 1.20. The maximum atomic E-state index is 9.60. The van der Waals surface area contributed by atoms with Gasteiger partial charge in [-0.1, -0.05) is 33.6 Å². The van der Waals surface area contributed by atoms with Gasteiger partial charge in [-0.2, -0.15) is 0 Å². The minimum absolute atomic E-state index is 0.222. The quantitative estimate of drug-likeness (QED) is 0.761. The first-order chi connectivity index (χ1) is 7.24. The molecule has 0 rings (SSSR count). The molecular formula is C12H26O4. The van der Waals surface area contributed by atoms with Gasteiger partial charge in [0.05, 0.1) is 0 Å². The smallest absolute Gasteiger partial charge is 0.303 e. The molecule has 4 nitrogen and oxygen atoms in total. The highest BCUT2D eigenvalue weighted by Crippen LogP contribution is 2.02. The molecule has 0 aliphatic heterocycles. The molecule has 0 aliphatic carbocycles. The number of hydrogen-bond donors (Lipinski definition) is 1. The summed E-state index contributed by atoms with van der Waals surface area (Å²) in [7, 11) is 0. The zero-order valence-corrected chi connectivity index (χ0v) is 11.4. The Hall–Kier alpha value is -1.06. The number of hydrogen-bond acceptors (Lipinski definition) is 3. The Morgan fingerprint density at radius 3 is 1.50 bits per heavy atom. The van der Waals surface area contributed by atoms with Crippen LogP contribution in [0.15, 0.2) is 0 Å². The van der Waals surface area contributed by atoms with E-state index in [2.05, 4.69) is 18.6 Å². The van der Waals surface area contributed by atoms with E-state index in [0.717, 1.165) is 0 Å². The molecule has 0 amide bonds. The van der Waals surface area contributed by atoms with E-state index in [1.54, 1.807) is 6.92 Å². The lowest BCUT2D eigenvalue weighted by molar-refractivity contribution is -0.139. The molecule has 0 radical (unpaired) electrons. The predicted molar refractivity (Wildman–Crippen MR) is 65.4 cm³/mol. The number of unbranched alkanes of at least 4 members (excludes halogenated alkanes) is 1. The molecule has 0 fully saturated rings. The van der Waals surface area contributed by atoms with Crippen molar-refractivity contribution in [3.63, 3.8) is 0 Å². The molecule has 0 aromatic heterocycles. The first-order valence-electron chi connectivity index (χ1n) is 5.58. The molecule has 4 heteroatoms. The van der Waals surface area contributed by atoms with Gasteiger partial charge in [0.25, 0.3) is 6.47 Å². The lowest BCUT2D eigenvalue weighted by atomic mass is 10.2. The molecule has 0 saturated heterocycles. The van der Waals surface area contributed by atoms with Crippen LogP contribution in [0.3, 0.4) is 0 Å². The highest BCUT2D eigenvalue weighted by atomic mass is 16.5. The number of aliphatic carboxylic acids is 1. The Labute approximate surface area is 99.0 Å². The molecule has 0 saturated carbocycles. The Morgan fingerprint density at radius 2 is 1.50 bits per heavy atom. The van der Waals surface area contributed by atoms with E-state index in [0.29, 0.717) is 6.47 Å². The van der Waals surface area contributed by atoms with E-state index in [1.165, 1.54) is 12.8 Å². The summed E-state index contributed by atoms with van der Waals surface area (Å²) in [6.07, 6.45) is 2.86. The van der Waals surface area contributed by atoms with E-state index in [4.69, 9.17) is 5.11 Å². The van der Waals surface area contributed by atoms with Crippen LogP contribution in [0.1, 0.15) is 60.8 Å². The van der Waals surface area contributed by atoms with Crippen LogP contribution in [-0.4, -0.2) is 23.1 Å². The van der Waals surface area contributed by atoms with Gasteiger partial charge in [0, 0.05) is 6.42 Å². The van der Waals surface area contributed by atoms with Gasteiger partial charge in [-0.15, -0.1) is 0 Å². The largest absolute Gasteiger partial charge is 0.481 e. The number of rotatable bonds is 3. The molecule has 0 atom stereocenters. The fraction of sp³-hybridized carbons (Fsp3) is 0.833. The number of carbonyl (C=O) groups is 2. The second kappa shape index (κ2) is 13.9. The molecule has 0 spiro atoms. The van der Waals surface area contributed by atoms with Crippen LogP contribution >= 0.6 is 0 Å². The van der Waals surface area contributed by atoms with Crippen molar-refractivity contribution in [2.45, 2.75) is 66.4 Å². The average Bonchev–Trinajstić information content (AvgIpc) is 2.17. The monoisotopic (exact) mass is 234 g/mol. The molecule has 16 heavy (non-hydrogen) atoms. The average molecular weight is 234 g/mol. The van der Waals surface area contributed by atoms with E-state index in [9.17, 15) is 9.59 Å². The van der Waals surface area contributed by atoms with Gasteiger partial charge < -0.3 is 9.84 Å². The van der Waals surface area contributed by atoms with Crippen molar-refractivity contribution in [3.05, 3.63) is 0 Å². The van der Waals surface area contributed by atoms with E-state index in [1.807, 2.05) is 20.8 Å². The first kappa shape index (κ1) is 20.4. The minimum atomic E-state index is -0.745.